The fraction of sp³-hybridized carbons (Fsp3) is 1.00. The summed E-state index contributed by atoms with van der Waals surface area (Å²) in [6.07, 6.45) is 23.2. The van der Waals surface area contributed by atoms with Crippen molar-refractivity contribution in [2.45, 2.75) is 174 Å². The van der Waals surface area contributed by atoms with Gasteiger partial charge in [-0.3, -0.25) is 0 Å². The molecule has 0 amide bonds. The quantitative estimate of drug-likeness (QED) is 0.0594. The van der Waals surface area contributed by atoms with Gasteiger partial charge in [0, 0.05) is 56.1 Å². The summed E-state index contributed by atoms with van der Waals surface area (Å²) in [6.45, 7) is 18.7. The van der Waals surface area contributed by atoms with Gasteiger partial charge in [-0.05, 0) is 48.0 Å². The Morgan fingerprint density at radius 2 is 0.667 bits per heavy atom. The van der Waals surface area contributed by atoms with Crippen LogP contribution < -0.4 is 0 Å². The molecule has 0 aromatic carbocycles. The van der Waals surface area contributed by atoms with Gasteiger partial charge in [-0.2, -0.15) is 0 Å². The Kier molecular flexibility index (Phi) is 23.7. The summed E-state index contributed by atoms with van der Waals surface area (Å²) in [5.41, 5.74) is 1.64. The molecule has 0 atom stereocenters. The fourth-order valence-electron chi connectivity index (χ4n) is 7.17. The first-order chi connectivity index (χ1) is 20.5. The molecule has 9 heteroatoms. The Morgan fingerprint density at radius 3 is 0.952 bits per heavy atom. The Hall–Kier alpha value is 0.411. The van der Waals surface area contributed by atoms with Crippen molar-refractivity contribution in [1.82, 2.24) is 0 Å². The fourth-order valence-corrected chi connectivity index (χ4v) is 30.9. The van der Waals surface area contributed by atoms with Gasteiger partial charge in [0.05, 0.1) is 0 Å². The van der Waals surface area contributed by atoms with Gasteiger partial charge in [-0.25, -0.2) is 0 Å². The molecule has 0 N–H and O–H groups in total. The van der Waals surface area contributed by atoms with Gasteiger partial charge in [0.25, 0.3) is 0 Å². The molecule has 42 heavy (non-hydrogen) atoms. The molecule has 0 aromatic rings. The summed E-state index contributed by atoms with van der Waals surface area (Å²) >= 11 is 0. The van der Waals surface area contributed by atoms with Crippen molar-refractivity contribution >= 4 is 25.7 Å². The van der Waals surface area contributed by atoms with Gasteiger partial charge in [-0.1, -0.05) is 110 Å². The second kappa shape index (κ2) is 24.6. The van der Waals surface area contributed by atoms with E-state index < -0.39 is 25.7 Å². The average Bonchev–Trinajstić information content (AvgIpc) is 2.95. The summed E-state index contributed by atoms with van der Waals surface area (Å²) in [5, 5.41) is 0.234. The Bertz CT molecular complexity index is 581. The molecular weight excluding hydrogens is 577 g/mol. The van der Waals surface area contributed by atoms with Crippen molar-refractivity contribution in [2.75, 3.05) is 39.6 Å². The van der Waals surface area contributed by atoms with E-state index in [1.165, 1.54) is 103 Å². The Morgan fingerprint density at radius 1 is 0.381 bits per heavy atom. The maximum absolute atomic E-state index is 6.76. The van der Waals surface area contributed by atoms with Gasteiger partial charge in [-0.15, -0.1) is 0 Å². The maximum atomic E-state index is 6.76. The van der Waals surface area contributed by atoms with Crippen LogP contribution in [-0.2, 0) is 26.6 Å². The standard InChI is InChI=1S/C33H72O6Si3/c1-8-15-16-17-18-19-20-21-22-23-24-25-26-27-28-29-30-33-41(36-11-4,37-12-5)31-40(34-9-2,35-10-3)32-42(33,38-13-6)39-14-7/h33H,8-32H2,1-7H3. The van der Waals surface area contributed by atoms with Gasteiger partial charge in [0.2, 0.25) is 0 Å². The lowest BCUT2D eigenvalue weighted by Gasteiger charge is -2.53. The first kappa shape index (κ1) is 40.4. The maximum Gasteiger partial charge on any atom is 0.345 e. The molecule has 1 aliphatic heterocycles. The third-order valence-corrected chi connectivity index (χ3v) is 27.1. The van der Waals surface area contributed by atoms with Crippen LogP contribution in [0.25, 0.3) is 0 Å². The van der Waals surface area contributed by atoms with Crippen LogP contribution in [-0.4, -0.2) is 65.3 Å². The number of unbranched alkanes of at least 4 members (excludes halogenated alkanes) is 15. The highest BCUT2D eigenvalue weighted by Crippen LogP contribution is 2.52. The molecule has 1 fully saturated rings. The van der Waals surface area contributed by atoms with Crippen molar-refractivity contribution in [3.8, 4) is 0 Å². The summed E-state index contributed by atoms with van der Waals surface area (Å²) in [5.74, 6) is 0. The smallest absolute Gasteiger partial charge is 0.345 e. The molecule has 0 unspecified atom stereocenters. The van der Waals surface area contributed by atoms with Gasteiger partial charge in [0.15, 0.2) is 0 Å². The largest absolute Gasteiger partial charge is 0.395 e. The summed E-state index contributed by atoms with van der Waals surface area (Å²) in [7, 11) is -8.05. The van der Waals surface area contributed by atoms with Crippen LogP contribution in [0.3, 0.4) is 0 Å². The van der Waals surface area contributed by atoms with E-state index in [1.807, 2.05) is 0 Å². The van der Waals surface area contributed by atoms with Crippen molar-refractivity contribution in [1.29, 1.82) is 0 Å². The van der Waals surface area contributed by atoms with Crippen LogP contribution in [0.5, 0.6) is 0 Å². The van der Waals surface area contributed by atoms with Crippen LogP contribution in [0.15, 0.2) is 0 Å². The van der Waals surface area contributed by atoms with E-state index in [0.717, 1.165) is 17.8 Å². The van der Waals surface area contributed by atoms with Crippen LogP contribution in [0.4, 0.5) is 0 Å². The molecule has 0 aromatic heterocycles. The molecule has 1 aliphatic rings. The molecule has 0 radical (unpaired) electrons. The van der Waals surface area contributed by atoms with Crippen molar-refractivity contribution < 1.29 is 26.6 Å². The molecule has 0 bridgehead atoms. The zero-order valence-corrected chi connectivity index (χ0v) is 32.2. The third kappa shape index (κ3) is 14.2. The number of hydrogen-bond donors (Lipinski definition) is 0. The normalized spacial score (nSPS) is 18.1. The van der Waals surface area contributed by atoms with E-state index in [1.54, 1.807) is 0 Å². The zero-order valence-electron chi connectivity index (χ0n) is 29.2. The molecule has 1 heterocycles. The highest BCUT2D eigenvalue weighted by molar-refractivity contribution is 7.05. The summed E-state index contributed by atoms with van der Waals surface area (Å²) in [4.78, 5) is 0. The molecule has 1 saturated heterocycles. The highest BCUT2D eigenvalue weighted by Gasteiger charge is 2.71. The van der Waals surface area contributed by atoms with Crippen molar-refractivity contribution in [3.63, 3.8) is 0 Å². The van der Waals surface area contributed by atoms with Gasteiger partial charge < -0.3 is 26.6 Å². The van der Waals surface area contributed by atoms with E-state index in [4.69, 9.17) is 26.6 Å². The van der Waals surface area contributed by atoms with E-state index >= 15 is 0 Å². The Labute approximate surface area is 265 Å². The van der Waals surface area contributed by atoms with Crippen LogP contribution in [0.1, 0.15) is 158 Å². The number of hydrogen-bond acceptors (Lipinski definition) is 6. The molecule has 1 rings (SSSR count). The molecule has 6 nitrogen and oxygen atoms in total. The van der Waals surface area contributed by atoms with Crippen LogP contribution >= 0.6 is 0 Å². The molecule has 0 saturated carbocycles. The van der Waals surface area contributed by atoms with E-state index in [2.05, 4.69) is 48.5 Å². The van der Waals surface area contributed by atoms with Gasteiger partial charge >= 0.3 is 25.7 Å². The topological polar surface area (TPSA) is 55.4 Å². The number of rotatable bonds is 29. The second-order valence-corrected chi connectivity index (χ2v) is 23.7. The van der Waals surface area contributed by atoms with Crippen molar-refractivity contribution in [2.24, 2.45) is 0 Å². The monoisotopic (exact) mass is 648 g/mol. The van der Waals surface area contributed by atoms with Crippen LogP contribution in [0.2, 0.25) is 16.5 Å². The van der Waals surface area contributed by atoms with Crippen LogP contribution in [0, 0.1) is 0 Å². The molecular formula is C33H72O6Si3. The minimum Gasteiger partial charge on any atom is -0.395 e. The minimum absolute atomic E-state index is 0.234. The van der Waals surface area contributed by atoms with E-state index in [9.17, 15) is 0 Å². The summed E-state index contributed by atoms with van der Waals surface area (Å²) in [6, 6.07) is 0. The highest BCUT2D eigenvalue weighted by atomic mass is 28.5. The SMILES string of the molecule is CCCCCCCCCCCCCCCCCCC1[Si](OCC)(OCC)C[Si](OCC)(OCC)C[Si]1(OCC)OCC. The third-order valence-electron chi connectivity index (χ3n) is 8.81. The first-order valence-corrected chi connectivity index (χ1v) is 24.7. The second-order valence-electron chi connectivity index (χ2n) is 12.1. The predicted molar refractivity (Wildman–Crippen MR) is 185 cm³/mol. The zero-order chi connectivity index (χ0) is 31.0. The lowest BCUT2D eigenvalue weighted by atomic mass is 10.0. The van der Waals surface area contributed by atoms with E-state index in [0.29, 0.717) is 39.6 Å². The lowest BCUT2D eigenvalue weighted by Crippen LogP contribution is -2.72. The predicted octanol–water partition coefficient (Wildman–Crippen LogP) is 10.2. The van der Waals surface area contributed by atoms with Gasteiger partial charge in [0.1, 0.15) is 0 Å². The first-order valence-electron chi connectivity index (χ1n) is 18.3. The Balaban J connectivity index is 2.68. The molecule has 0 spiro atoms. The summed E-state index contributed by atoms with van der Waals surface area (Å²) < 4.78 is 40.2. The van der Waals surface area contributed by atoms with Crippen molar-refractivity contribution in [3.05, 3.63) is 0 Å². The molecule has 0 aliphatic carbocycles. The molecule has 252 valence electrons. The van der Waals surface area contributed by atoms with E-state index in [-0.39, 0.29) is 5.16 Å². The average molecular weight is 649 g/mol. The minimum atomic E-state index is -2.72. The lowest BCUT2D eigenvalue weighted by molar-refractivity contribution is 0.126.